The molecule has 1 unspecified atom stereocenters. The highest BCUT2D eigenvalue weighted by molar-refractivity contribution is 5.89. The highest BCUT2D eigenvalue weighted by Gasteiger charge is 2.52. The standard InChI is InChI=1S/C17H32N2O2/c1-13(2)15-18-17(9-5-6-10-17)16(20)19(15)11-7-8-12-21-14(3)4/h13-15,18H,5-12H2,1-4H3. The Labute approximate surface area is 129 Å². The minimum absolute atomic E-state index is 0.210. The summed E-state index contributed by atoms with van der Waals surface area (Å²) >= 11 is 0. The van der Waals surface area contributed by atoms with Gasteiger partial charge in [-0.3, -0.25) is 10.1 Å². The summed E-state index contributed by atoms with van der Waals surface area (Å²) in [5, 5.41) is 3.67. The van der Waals surface area contributed by atoms with Crippen LogP contribution < -0.4 is 5.32 Å². The molecule has 2 aliphatic rings. The molecule has 122 valence electrons. The third-order valence-electron chi connectivity index (χ3n) is 4.76. The zero-order chi connectivity index (χ0) is 15.5. The van der Waals surface area contributed by atoms with Gasteiger partial charge < -0.3 is 9.64 Å². The molecule has 1 atom stereocenters. The van der Waals surface area contributed by atoms with Crippen molar-refractivity contribution in [3.8, 4) is 0 Å². The fourth-order valence-corrected chi connectivity index (χ4v) is 3.63. The Morgan fingerprint density at radius 3 is 2.48 bits per heavy atom. The highest BCUT2D eigenvalue weighted by Crippen LogP contribution is 2.37. The van der Waals surface area contributed by atoms with E-state index in [1.807, 2.05) is 0 Å². The average molecular weight is 296 g/mol. The molecule has 1 aliphatic heterocycles. The van der Waals surface area contributed by atoms with Gasteiger partial charge in [0.2, 0.25) is 5.91 Å². The van der Waals surface area contributed by atoms with Crippen molar-refractivity contribution in [1.29, 1.82) is 0 Å². The van der Waals surface area contributed by atoms with E-state index < -0.39 is 0 Å². The second kappa shape index (κ2) is 7.10. The van der Waals surface area contributed by atoms with Gasteiger partial charge in [0.25, 0.3) is 0 Å². The lowest BCUT2D eigenvalue weighted by Gasteiger charge is -2.27. The van der Waals surface area contributed by atoms with Crippen molar-refractivity contribution in [3.05, 3.63) is 0 Å². The van der Waals surface area contributed by atoms with Crippen LogP contribution in [0.5, 0.6) is 0 Å². The van der Waals surface area contributed by atoms with Crippen LogP contribution >= 0.6 is 0 Å². The first kappa shape index (κ1) is 16.8. The molecule has 1 N–H and O–H groups in total. The average Bonchev–Trinajstić information content (AvgIpc) is 2.99. The number of unbranched alkanes of at least 4 members (excludes halogenated alkanes) is 1. The number of nitrogens with zero attached hydrogens (tertiary/aromatic N) is 1. The van der Waals surface area contributed by atoms with Gasteiger partial charge in [-0.25, -0.2) is 0 Å². The van der Waals surface area contributed by atoms with Crippen molar-refractivity contribution in [2.45, 2.75) is 84.0 Å². The summed E-state index contributed by atoms with van der Waals surface area (Å²) in [6.07, 6.45) is 6.95. The predicted molar refractivity (Wildman–Crippen MR) is 85.0 cm³/mol. The Morgan fingerprint density at radius 2 is 1.90 bits per heavy atom. The van der Waals surface area contributed by atoms with E-state index in [1.165, 1.54) is 12.8 Å². The molecule has 1 aliphatic carbocycles. The molecule has 1 heterocycles. The molecule has 1 saturated heterocycles. The highest BCUT2D eigenvalue weighted by atomic mass is 16.5. The van der Waals surface area contributed by atoms with E-state index in [1.54, 1.807) is 0 Å². The molecular weight excluding hydrogens is 264 g/mol. The summed E-state index contributed by atoms with van der Waals surface area (Å²) in [7, 11) is 0. The lowest BCUT2D eigenvalue weighted by Crippen LogP contribution is -2.45. The van der Waals surface area contributed by atoms with Crippen molar-refractivity contribution >= 4 is 5.91 Å². The van der Waals surface area contributed by atoms with Gasteiger partial charge in [0.15, 0.2) is 0 Å². The van der Waals surface area contributed by atoms with E-state index in [9.17, 15) is 4.79 Å². The van der Waals surface area contributed by atoms with Gasteiger partial charge in [-0.1, -0.05) is 26.7 Å². The van der Waals surface area contributed by atoms with E-state index in [-0.39, 0.29) is 11.7 Å². The Morgan fingerprint density at radius 1 is 1.24 bits per heavy atom. The van der Waals surface area contributed by atoms with Crippen LogP contribution in [0.3, 0.4) is 0 Å². The van der Waals surface area contributed by atoms with Crippen LogP contribution in [0, 0.1) is 5.92 Å². The molecule has 1 saturated carbocycles. The first-order valence-electron chi connectivity index (χ1n) is 8.67. The van der Waals surface area contributed by atoms with Crippen molar-refractivity contribution < 1.29 is 9.53 Å². The maximum Gasteiger partial charge on any atom is 0.244 e. The number of hydrogen-bond acceptors (Lipinski definition) is 3. The van der Waals surface area contributed by atoms with E-state index in [4.69, 9.17) is 4.74 Å². The normalized spacial score (nSPS) is 25.0. The number of hydrogen-bond donors (Lipinski definition) is 1. The number of amides is 1. The fourth-order valence-electron chi connectivity index (χ4n) is 3.63. The van der Waals surface area contributed by atoms with Gasteiger partial charge in [-0.15, -0.1) is 0 Å². The minimum Gasteiger partial charge on any atom is -0.379 e. The maximum atomic E-state index is 12.8. The summed E-state index contributed by atoms with van der Waals surface area (Å²) in [5.74, 6) is 0.810. The molecule has 1 amide bonds. The summed E-state index contributed by atoms with van der Waals surface area (Å²) in [6.45, 7) is 10.2. The van der Waals surface area contributed by atoms with Crippen molar-refractivity contribution in [1.82, 2.24) is 10.2 Å². The first-order valence-corrected chi connectivity index (χ1v) is 8.67. The Kier molecular flexibility index (Phi) is 5.67. The Bertz CT molecular complexity index is 349. The van der Waals surface area contributed by atoms with Crippen molar-refractivity contribution in [3.63, 3.8) is 0 Å². The third kappa shape index (κ3) is 3.78. The van der Waals surface area contributed by atoms with Gasteiger partial charge >= 0.3 is 0 Å². The number of ether oxygens (including phenoxy) is 1. The van der Waals surface area contributed by atoms with E-state index in [0.29, 0.717) is 17.9 Å². The van der Waals surface area contributed by atoms with Crippen molar-refractivity contribution in [2.24, 2.45) is 5.92 Å². The molecule has 4 nitrogen and oxygen atoms in total. The minimum atomic E-state index is -0.233. The quantitative estimate of drug-likeness (QED) is 0.735. The molecule has 0 aromatic rings. The zero-order valence-electron chi connectivity index (χ0n) is 14.2. The lowest BCUT2D eigenvalue weighted by molar-refractivity contribution is -0.133. The van der Waals surface area contributed by atoms with E-state index in [2.05, 4.69) is 37.9 Å². The first-order chi connectivity index (χ1) is 9.96. The fraction of sp³-hybridized carbons (Fsp3) is 0.941. The van der Waals surface area contributed by atoms with Crippen LogP contribution in [0.1, 0.15) is 66.2 Å². The SMILES string of the molecule is CC(C)OCCCCN1C(=O)C2(CCCC2)NC1C(C)C. The number of carbonyl (C=O) groups is 1. The number of carbonyl (C=O) groups excluding carboxylic acids is 1. The Balaban J connectivity index is 1.88. The molecule has 0 aromatic heterocycles. The van der Waals surface area contributed by atoms with Crippen LogP contribution in [0.4, 0.5) is 0 Å². The molecular formula is C17H32N2O2. The Hall–Kier alpha value is -0.610. The predicted octanol–water partition coefficient (Wildman–Crippen LogP) is 2.92. The topological polar surface area (TPSA) is 41.6 Å². The van der Waals surface area contributed by atoms with Gasteiger partial charge in [-0.2, -0.15) is 0 Å². The van der Waals surface area contributed by atoms with Crippen LogP contribution in [-0.4, -0.2) is 41.8 Å². The number of nitrogens with one attached hydrogen (secondary N) is 1. The van der Waals surface area contributed by atoms with E-state index >= 15 is 0 Å². The molecule has 0 aromatic carbocycles. The second-order valence-electron chi connectivity index (χ2n) is 7.25. The smallest absolute Gasteiger partial charge is 0.244 e. The molecule has 0 bridgehead atoms. The van der Waals surface area contributed by atoms with Crippen LogP contribution in [0.15, 0.2) is 0 Å². The van der Waals surface area contributed by atoms with Gasteiger partial charge in [0, 0.05) is 13.2 Å². The second-order valence-corrected chi connectivity index (χ2v) is 7.25. The summed E-state index contributed by atoms with van der Waals surface area (Å²) in [6, 6.07) is 0. The van der Waals surface area contributed by atoms with Crippen molar-refractivity contribution in [2.75, 3.05) is 13.2 Å². The molecule has 4 heteroatoms. The summed E-state index contributed by atoms with van der Waals surface area (Å²) in [4.78, 5) is 15.0. The van der Waals surface area contributed by atoms with Crippen LogP contribution in [0.25, 0.3) is 0 Å². The van der Waals surface area contributed by atoms with Crippen LogP contribution in [-0.2, 0) is 9.53 Å². The molecule has 2 fully saturated rings. The molecule has 2 rings (SSSR count). The lowest BCUT2D eigenvalue weighted by atomic mass is 9.98. The van der Waals surface area contributed by atoms with E-state index in [0.717, 1.165) is 38.8 Å². The van der Waals surface area contributed by atoms with Gasteiger partial charge in [-0.05, 0) is 45.4 Å². The molecule has 1 spiro atoms. The molecule has 0 radical (unpaired) electrons. The maximum absolute atomic E-state index is 12.8. The number of rotatable bonds is 7. The largest absolute Gasteiger partial charge is 0.379 e. The zero-order valence-corrected chi connectivity index (χ0v) is 14.2. The monoisotopic (exact) mass is 296 g/mol. The van der Waals surface area contributed by atoms with Gasteiger partial charge in [0.1, 0.15) is 0 Å². The third-order valence-corrected chi connectivity index (χ3v) is 4.76. The van der Waals surface area contributed by atoms with Gasteiger partial charge in [0.05, 0.1) is 17.8 Å². The molecule has 21 heavy (non-hydrogen) atoms. The van der Waals surface area contributed by atoms with Crippen LogP contribution in [0.2, 0.25) is 0 Å². The summed E-state index contributed by atoms with van der Waals surface area (Å²) < 4.78 is 5.58. The summed E-state index contributed by atoms with van der Waals surface area (Å²) in [5.41, 5.74) is -0.233.